The summed E-state index contributed by atoms with van der Waals surface area (Å²) in [4.78, 5) is 0. The van der Waals surface area contributed by atoms with Crippen LogP contribution in [-0.4, -0.2) is 18.6 Å². The molecule has 0 aliphatic rings. The second-order valence-corrected chi connectivity index (χ2v) is 4.56. The van der Waals surface area contributed by atoms with E-state index in [1.165, 1.54) is 18.5 Å². The van der Waals surface area contributed by atoms with Gasteiger partial charge in [-0.05, 0) is 18.2 Å². The summed E-state index contributed by atoms with van der Waals surface area (Å²) >= 11 is 0. The number of nitrogens with zero attached hydrogens (tertiary/aromatic N) is 1. The standard InChI is InChI=1S/C8H9N3O3S/c12-15(13,8-3-4-9-11-8)10-6-7-2-1-5-14-7/h1-5,10H,6H2,(H,9,11). The molecule has 80 valence electrons. The Bertz CT molecular complexity index is 501. The normalized spacial score (nSPS) is 11.7. The summed E-state index contributed by atoms with van der Waals surface area (Å²) in [5.41, 5.74) is 0. The van der Waals surface area contributed by atoms with Crippen LogP contribution in [0, 0.1) is 0 Å². The molecule has 0 unspecified atom stereocenters. The van der Waals surface area contributed by atoms with Crippen LogP contribution in [0.3, 0.4) is 0 Å². The fraction of sp³-hybridized carbons (Fsp3) is 0.125. The molecule has 0 radical (unpaired) electrons. The molecule has 7 heteroatoms. The quantitative estimate of drug-likeness (QED) is 0.795. The summed E-state index contributed by atoms with van der Waals surface area (Å²) in [5, 5.41) is 5.98. The minimum Gasteiger partial charge on any atom is -0.468 e. The third-order valence-corrected chi connectivity index (χ3v) is 3.11. The Morgan fingerprint density at radius 3 is 2.93 bits per heavy atom. The van der Waals surface area contributed by atoms with Gasteiger partial charge in [0, 0.05) is 0 Å². The number of sulfonamides is 1. The molecule has 0 saturated heterocycles. The average Bonchev–Trinajstić information content (AvgIpc) is 2.88. The monoisotopic (exact) mass is 227 g/mol. The summed E-state index contributed by atoms with van der Waals surface area (Å²) in [7, 11) is -3.52. The maximum absolute atomic E-state index is 11.6. The highest BCUT2D eigenvalue weighted by Gasteiger charge is 2.15. The maximum atomic E-state index is 11.6. The van der Waals surface area contributed by atoms with Gasteiger partial charge in [0.25, 0.3) is 10.0 Å². The van der Waals surface area contributed by atoms with Crippen LogP contribution in [0.5, 0.6) is 0 Å². The third kappa shape index (κ3) is 2.25. The van der Waals surface area contributed by atoms with Gasteiger partial charge in [-0.1, -0.05) is 0 Å². The Balaban J connectivity index is 2.06. The largest absolute Gasteiger partial charge is 0.468 e. The molecule has 2 rings (SSSR count). The fourth-order valence-corrected chi connectivity index (χ4v) is 1.95. The molecule has 2 heterocycles. The highest BCUT2D eigenvalue weighted by atomic mass is 32.2. The first-order chi connectivity index (χ1) is 7.18. The molecule has 0 aliphatic carbocycles. The summed E-state index contributed by atoms with van der Waals surface area (Å²) in [5.74, 6) is 0.554. The van der Waals surface area contributed by atoms with Crippen molar-refractivity contribution in [2.75, 3.05) is 0 Å². The van der Waals surface area contributed by atoms with E-state index >= 15 is 0 Å². The first kappa shape index (κ1) is 9.94. The lowest BCUT2D eigenvalue weighted by Crippen LogP contribution is -2.23. The number of hydrogen-bond donors (Lipinski definition) is 2. The van der Waals surface area contributed by atoms with Gasteiger partial charge in [-0.25, -0.2) is 13.1 Å². The average molecular weight is 227 g/mol. The van der Waals surface area contributed by atoms with E-state index in [-0.39, 0.29) is 11.6 Å². The van der Waals surface area contributed by atoms with Crippen LogP contribution >= 0.6 is 0 Å². The van der Waals surface area contributed by atoms with Gasteiger partial charge >= 0.3 is 0 Å². The van der Waals surface area contributed by atoms with Crippen molar-refractivity contribution in [1.29, 1.82) is 0 Å². The van der Waals surface area contributed by atoms with Crippen molar-refractivity contribution in [3.8, 4) is 0 Å². The maximum Gasteiger partial charge on any atom is 0.257 e. The number of aromatic nitrogens is 2. The molecular formula is C8H9N3O3S. The van der Waals surface area contributed by atoms with Crippen LogP contribution in [0.15, 0.2) is 40.1 Å². The van der Waals surface area contributed by atoms with E-state index in [1.807, 2.05) is 0 Å². The third-order valence-electron chi connectivity index (χ3n) is 1.78. The molecule has 2 aromatic rings. The van der Waals surface area contributed by atoms with Crippen molar-refractivity contribution in [2.45, 2.75) is 11.6 Å². The summed E-state index contributed by atoms with van der Waals surface area (Å²) in [6.07, 6.45) is 2.86. The van der Waals surface area contributed by atoms with E-state index in [2.05, 4.69) is 14.9 Å². The lowest BCUT2D eigenvalue weighted by molar-refractivity contribution is 0.498. The predicted octanol–water partition coefficient (Wildman–Crippen LogP) is 0.481. The van der Waals surface area contributed by atoms with Crippen LogP contribution in [-0.2, 0) is 16.6 Å². The molecule has 6 nitrogen and oxygen atoms in total. The van der Waals surface area contributed by atoms with Crippen molar-refractivity contribution in [3.63, 3.8) is 0 Å². The first-order valence-electron chi connectivity index (χ1n) is 4.20. The van der Waals surface area contributed by atoms with E-state index in [4.69, 9.17) is 4.42 Å². The van der Waals surface area contributed by atoms with Gasteiger partial charge < -0.3 is 4.42 Å². The van der Waals surface area contributed by atoms with Gasteiger partial charge in [0.15, 0.2) is 5.03 Å². The Morgan fingerprint density at radius 1 is 1.47 bits per heavy atom. The van der Waals surface area contributed by atoms with Crippen LogP contribution in [0.1, 0.15) is 5.76 Å². The smallest absolute Gasteiger partial charge is 0.257 e. The fourth-order valence-electron chi connectivity index (χ4n) is 1.05. The molecule has 2 aromatic heterocycles. The van der Waals surface area contributed by atoms with E-state index in [1.54, 1.807) is 12.1 Å². The molecule has 2 N–H and O–H groups in total. The summed E-state index contributed by atoms with van der Waals surface area (Å²) in [6.45, 7) is 0.119. The van der Waals surface area contributed by atoms with E-state index in [0.29, 0.717) is 5.76 Å². The Kier molecular flexibility index (Phi) is 2.57. The van der Waals surface area contributed by atoms with Crippen molar-refractivity contribution < 1.29 is 12.8 Å². The van der Waals surface area contributed by atoms with Gasteiger partial charge in [0.05, 0.1) is 19.0 Å². The van der Waals surface area contributed by atoms with Gasteiger partial charge in [0.1, 0.15) is 5.76 Å². The molecule has 15 heavy (non-hydrogen) atoms. The van der Waals surface area contributed by atoms with E-state index in [9.17, 15) is 8.42 Å². The van der Waals surface area contributed by atoms with Crippen molar-refractivity contribution in [2.24, 2.45) is 0 Å². The Labute approximate surface area is 86.4 Å². The predicted molar refractivity (Wildman–Crippen MR) is 51.3 cm³/mol. The van der Waals surface area contributed by atoms with Crippen molar-refractivity contribution >= 4 is 10.0 Å². The number of hydrogen-bond acceptors (Lipinski definition) is 4. The molecule has 0 atom stereocenters. The molecular weight excluding hydrogens is 218 g/mol. The van der Waals surface area contributed by atoms with Crippen LogP contribution < -0.4 is 4.72 Å². The molecule has 0 aromatic carbocycles. The van der Waals surface area contributed by atoms with Crippen molar-refractivity contribution in [3.05, 3.63) is 36.4 Å². The van der Waals surface area contributed by atoms with Gasteiger partial charge in [0.2, 0.25) is 0 Å². The number of furan rings is 1. The highest BCUT2D eigenvalue weighted by Crippen LogP contribution is 2.05. The van der Waals surface area contributed by atoms with Gasteiger partial charge in [-0.2, -0.15) is 5.10 Å². The molecule has 0 saturated carbocycles. The van der Waals surface area contributed by atoms with Crippen molar-refractivity contribution in [1.82, 2.24) is 14.9 Å². The second-order valence-electron chi connectivity index (χ2n) is 2.82. The Hall–Kier alpha value is -1.60. The molecule has 0 spiro atoms. The SMILES string of the molecule is O=S(=O)(NCc1ccco1)c1ccn[nH]1. The summed E-state index contributed by atoms with van der Waals surface area (Å²) in [6, 6.07) is 4.76. The summed E-state index contributed by atoms with van der Waals surface area (Å²) < 4.78 is 30.5. The zero-order valence-corrected chi connectivity index (χ0v) is 8.49. The van der Waals surface area contributed by atoms with Crippen LogP contribution in [0.2, 0.25) is 0 Å². The van der Waals surface area contributed by atoms with Gasteiger partial charge in [-0.15, -0.1) is 0 Å². The molecule has 0 bridgehead atoms. The Morgan fingerprint density at radius 2 is 2.33 bits per heavy atom. The van der Waals surface area contributed by atoms with Crippen LogP contribution in [0.4, 0.5) is 0 Å². The minimum atomic E-state index is -3.52. The van der Waals surface area contributed by atoms with E-state index < -0.39 is 10.0 Å². The second kappa shape index (κ2) is 3.87. The van der Waals surface area contributed by atoms with E-state index in [0.717, 1.165) is 0 Å². The number of H-pyrrole nitrogens is 1. The lowest BCUT2D eigenvalue weighted by atomic mass is 10.5. The zero-order chi connectivity index (χ0) is 10.7. The molecule has 0 aliphatic heterocycles. The molecule has 0 amide bonds. The molecule has 0 fully saturated rings. The topological polar surface area (TPSA) is 88.0 Å². The lowest BCUT2D eigenvalue weighted by Gasteiger charge is -2.01. The zero-order valence-electron chi connectivity index (χ0n) is 7.67. The number of nitrogens with one attached hydrogen (secondary N) is 2. The van der Waals surface area contributed by atoms with Crippen LogP contribution in [0.25, 0.3) is 0 Å². The minimum absolute atomic E-state index is 0.0362. The first-order valence-corrected chi connectivity index (χ1v) is 5.68. The number of rotatable bonds is 4. The number of aromatic amines is 1. The van der Waals surface area contributed by atoms with Gasteiger partial charge in [-0.3, -0.25) is 5.10 Å². The highest BCUT2D eigenvalue weighted by molar-refractivity contribution is 7.89.